The van der Waals surface area contributed by atoms with E-state index in [0.717, 1.165) is 11.1 Å². The number of rotatable bonds is 6. The number of hydrogen-bond acceptors (Lipinski definition) is 5. The smallest absolute Gasteiger partial charge is 0.286 e. The Hall–Kier alpha value is -3.09. The summed E-state index contributed by atoms with van der Waals surface area (Å²) in [5, 5.41) is 14.2. The Labute approximate surface area is 145 Å². The van der Waals surface area contributed by atoms with Gasteiger partial charge in [0.15, 0.2) is 11.5 Å². The van der Waals surface area contributed by atoms with E-state index in [1.54, 1.807) is 6.92 Å². The van der Waals surface area contributed by atoms with Gasteiger partial charge in [0.05, 0.1) is 24.7 Å². The molecule has 0 radical (unpaired) electrons. The van der Waals surface area contributed by atoms with Crippen LogP contribution in [0.2, 0.25) is 0 Å². The van der Waals surface area contributed by atoms with Gasteiger partial charge < -0.3 is 14.8 Å². The first-order valence-electron chi connectivity index (χ1n) is 7.75. The molecule has 25 heavy (non-hydrogen) atoms. The summed E-state index contributed by atoms with van der Waals surface area (Å²) in [5.74, 6) is -0.0927. The molecule has 0 aliphatic carbocycles. The van der Waals surface area contributed by atoms with E-state index in [2.05, 4.69) is 5.32 Å². The zero-order chi connectivity index (χ0) is 18.6. The monoisotopic (exact) mass is 344 g/mol. The van der Waals surface area contributed by atoms with Crippen molar-refractivity contribution in [2.75, 3.05) is 19.0 Å². The number of anilines is 1. The minimum absolute atomic E-state index is 0.0899. The molecule has 2 rings (SSSR count). The number of ether oxygens (including phenoxy) is 2. The third kappa shape index (κ3) is 3.88. The number of methoxy groups -OCH3 is 1. The van der Waals surface area contributed by atoms with Crippen molar-refractivity contribution >= 4 is 17.3 Å². The number of aryl methyl sites for hydroxylation is 2. The van der Waals surface area contributed by atoms with E-state index in [0.29, 0.717) is 12.3 Å². The molecule has 0 bridgehead atoms. The van der Waals surface area contributed by atoms with E-state index >= 15 is 0 Å². The summed E-state index contributed by atoms with van der Waals surface area (Å²) in [6.45, 7) is 5.79. The lowest BCUT2D eigenvalue weighted by atomic mass is 10.1. The van der Waals surface area contributed by atoms with Crippen LogP contribution in [0.15, 0.2) is 30.3 Å². The molecule has 2 aromatic carbocycles. The highest BCUT2D eigenvalue weighted by Crippen LogP contribution is 2.35. The van der Waals surface area contributed by atoms with E-state index in [1.165, 1.54) is 19.2 Å². The number of nitrogens with zero attached hydrogens (tertiary/aromatic N) is 1. The predicted molar refractivity (Wildman–Crippen MR) is 94.7 cm³/mol. The van der Waals surface area contributed by atoms with Crippen LogP contribution in [0.5, 0.6) is 11.5 Å². The van der Waals surface area contributed by atoms with Gasteiger partial charge in [-0.1, -0.05) is 18.2 Å². The number of amides is 1. The van der Waals surface area contributed by atoms with Crippen molar-refractivity contribution in [1.82, 2.24) is 0 Å². The zero-order valence-corrected chi connectivity index (χ0v) is 14.6. The van der Waals surface area contributed by atoms with Gasteiger partial charge in [0.2, 0.25) is 0 Å². The largest absolute Gasteiger partial charge is 0.493 e. The summed E-state index contributed by atoms with van der Waals surface area (Å²) in [7, 11) is 1.41. The second-order valence-corrected chi connectivity index (χ2v) is 5.43. The average molecular weight is 344 g/mol. The fraction of sp³-hybridized carbons (Fsp3) is 0.278. The molecule has 7 nitrogen and oxygen atoms in total. The lowest BCUT2D eigenvalue weighted by Crippen LogP contribution is -2.16. The number of carbonyl (C=O) groups is 1. The summed E-state index contributed by atoms with van der Waals surface area (Å²) in [6.07, 6.45) is 0. The molecule has 2 aromatic rings. The third-order valence-corrected chi connectivity index (χ3v) is 3.74. The fourth-order valence-electron chi connectivity index (χ4n) is 2.50. The highest BCUT2D eigenvalue weighted by Gasteiger charge is 2.25. The Morgan fingerprint density at radius 2 is 1.84 bits per heavy atom. The quantitative estimate of drug-likeness (QED) is 0.634. The summed E-state index contributed by atoms with van der Waals surface area (Å²) in [6, 6.07) is 8.13. The van der Waals surface area contributed by atoms with Crippen molar-refractivity contribution in [3.8, 4) is 11.5 Å². The maximum absolute atomic E-state index is 12.7. The summed E-state index contributed by atoms with van der Waals surface area (Å²) in [5.41, 5.74) is 1.94. The summed E-state index contributed by atoms with van der Waals surface area (Å²) >= 11 is 0. The standard InChI is InChI=1S/C18H20N2O5/c1-5-25-16-10-14(20(22)23)13(9-15(16)24-4)18(21)19-17-11(2)7-6-8-12(17)3/h6-10H,5H2,1-4H3,(H,19,21). The van der Waals surface area contributed by atoms with Gasteiger partial charge in [-0.25, -0.2) is 0 Å². The number of para-hydroxylation sites is 1. The first-order valence-corrected chi connectivity index (χ1v) is 7.75. The molecule has 7 heteroatoms. The first kappa shape index (κ1) is 18.3. The molecule has 0 atom stereocenters. The lowest BCUT2D eigenvalue weighted by Gasteiger charge is -2.14. The van der Waals surface area contributed by atoms with Gasteiger partial charge in [0, 0.05) is 11.8 Å². The maximum atomic E-state index is 12.7. The molecule has 0 unspecified atom stereocenters. The molecule has 0 aliphatic rings. The van der Waals surface area contributed by atoms with Gasteiger partial charge >= 0.3 is 0 Å². The molecule has 1 amide bonds. The van der Waals surface area contributed by atoms with Crippen molar-refractivity contribution in [2.45, 2.75) is 20.8 Å². The van der Waals surface area contributed by atoms with Crippen LogP contribution < -0.4 is 14.8 Å². The van der Waals surface area contributed by atoms with Gasteiger partial charge in [0.25, 0.3) is 11.6 Å². The van der Waals surface area contributed by atoms with E-state index in [4.69, 9.17) is 9.47 Å². The third-order valence-electron chi connectivity index (χ3n) is 3.74. The molecule has 0 spiro atoms. The van der Waals surface area contributed by atoms with Crippen molar-refractivity contribution in [3.05, 3.63) is 57.1 Å². The lowest BCUT2D eigenvalue weighted by molar-refractivity contribution is -0.385. The summed E-state index contributed by atoms with van der Waals surface area (Å²) < 4.78 is 10.5. The highest BCUT2D eigenvalue weighted by molar-refractivity contribution is 6.08. The Balaban J connectivity index is 2.49. The molecule has 0 fully saturated rings. The molecular weight excluding hydrogens is 324 g/mol. The number of nitrogens with one attached hydrogen (secondary N) is 1. The Morgan fingerprint density at radius 1 is 1.20 bits per heavy atom. The first-order chi connectivity index (χ1) is 11.9. The number of nitro benzene ring substituents is 1. The van der Waals surface area contributed by atoms with Crippen molar-refractivity contribution in [3.63, 3.8) is 0 Å². The van der Waals surface area contributed by atoms with Crippen molar-refractivity contribution < 1.29 is 19.2 Å². The van der Waals surface area contributed by atoms with Crippen LogP contribution in [0.3, 0.4) is 0 Å². The normalized spacial score (nSPS) is 10.2. The van der Waals surface area contributed by atoms with Crippen molar-refractivity contribution in [2.24, 2.45) is 0 Å². The van der Waals surface area contributed by atoms with Crippen LogP contribution in [-0.4, -0.2) is 24.5 Å². The predicted octanol–water partition coefficient (Wildman–Crippen LogP) is 3.87. The maximum Gasteiger partial charge on any atom is 0.286 e. The molecule has 0 aromatic heterocycles. The van der Waals surface area contributed by atoms with E-state index in [9.17, 15) is 14.9 Å². The summed E-state index contributed by atoms with van der Waals surface area (Å²) in [4.78, 5) is 23.5. The minimum Gasteiger partial charge on any atom is -0.493 e. The van der Waals surface area contributed by atoms with Crippen LogP contribution in [0.4, 0.5) is 11.4 Å². The molecule has 1 N–H and O–H groups in total. The van der Waals surface area contributed by atoms with Gasteiger partial charge in [0.1, 0.15) is 5.56 Å². The molecular formula is C18H20N2O5. The number of nitro groups is 1. The highest BCUT2D eigenvalue weighted by atomic mass is 16.6. The molecule has 0 heterocycles. The molecule has 0 saturated heterocycles. The molecule has 0 aliphatic heterocycles. The van der Waals surface area contributed by atoms with E-state index < -0.39 is 10.8 Å². The van der Waals surface area contributed by atoms with Crippen molar-refractivity contribution in [1.29, 1.82) is 0 Å². The van der Waals surface area contributed by atoms with Gasteiger partial charge in [-0.3, -0.25) is 14.9 Å². The Morgan fingerprint density at radius 3 is 2.36 bits per heavy atom. The Kier molecular flexibility index (Phi) is 5.59. The van der Waals surface area contributed by atoms with Crippen LogP contribution in [0.1, 0.15) is 28.4 Å². The number of benzene rings is 2. The minimum atomic E-state index is -0.610. The van der Waals surface area contributed by atoms with Crippen LogP contribution in [0.25, 0.3) is 0 Å². The topological polar surface area (TPSA) is 90.7 Å². The van der Waals surface area contributed by atoms with Crippen LogP contribution in [0, 0.1) is 24.0 Å². The zero-order valence-electron chi connectivity index (χ0n) is 14.6. The van der Waals surface area contributed by atoms with Gasteiger partial charge in [-0.15, -0.1) is 0 Å². The molecule has 132 valence electrons. The molecule has 0 saturated carbocycles. The SMILES string of the molecule is CCOc1cc([N+](=O)[O-])c(C(=O)Nc2c(C)cccc2C)cc1OC. The van der Waals surface area contributed by atoms with E-state index in [1.807, 2.05) is 32.0 Å². The fourth-order valence-corrected chi connectivity index (χ4v) is 2.50. The van der Waals surface area contributed by atoms with Crippen LogP contribution in [-0.2, 0) is 0 Å². The average Bonchev–Trinajstić information content (AvgIpc) is 2.57. The van der Waals surface area contributed by atoms with E-state index in [-0.39, 0.29) is 22.7 Å². The number of hydrogen-bond donors (Lipinski definition) is 1. The number of carbonyl (C=O) groups excluding carboxylic acids is 1. The van der Waals surface area contributed by atoms with Gasteiger partial charge in [-0.2, -0.15) is 0 Å². The van der Waals surface area contributed by atoms with Crippen LogP contribution >= 0.6 is 0 Å². The second kappa shape index (κ2) is 7.65. The second-order valence-electron chi connectivity index (χ2n) is 5.43. The van der Waals surface area contributed by atoms with Gasteiger partial charge in [-0.05, 0) is 31.9 Å². The Bertz CT molecular complexity index is 797.